The molecule has 0 spiro atoms. The van der Waals surface area contributed by atoms with Crippen molar-refractivity contribution in [1.82, 2.24) is 0 Å². The zero-order chi connectivity index (χ0) is 8.97. The van der Waals surface area contributed by atoms with Gasteiger partial charge in [-0.25, -0.2) is 0 Å². The van der Waals surface area contributed by atoms with Crippen LogP contribution < -0.4 is 17.0 Å². The molecule has 0 unspecified atom stereocenters. The first kappa shape index (κ1) is 13.5. The van der Waals surface area contributed by atoms with Gasteiger partial charge in [-0.2, -0.15) is 0 Å². The van der Waals surface area contributed by atoms with Gasteiger partial charge in [-0.15, -0.1) is 0 Å². The van der Waals surface area contributed by atoms with Gasteiger partial charge >= 0.3 is 0 Å². The Morgan fingerprint density at radius 2 is 2.00 bits per heavy atom. The summed E-state index contributed by atoms with van der Waals surface area (Å²) in [6.45, 7) is 0. The van der Waals surface area contributed by atoms with Crippen LogP contribution in [0.15, 0.2) is 28.7 Å². The van der Waals surface area contributed by atoms with Gasteiger partial charge in [-0.1, -0.05) is 28.1 Å². The molecule has 1 rings (SSSR count). The molecule has 0 heterocycles. The zero-order valence-corrected chi connectivity index (χ0v) is 11.9. The van der Waals surface area contributed by atoms with E-state index in [1.165, 1.54) is 22.2 Å². The Morgan fingerprint density at radius 1 is 1.31 bits per heavy atom. The van der Waals surface area contributed by atoms with Gasteiger partial charge in [0, 0.05) is 10.9 Å². The molecule has 0 amide bonds. The molecule has 0 N–H and O–H groups in total. The molecule has 0 radical (unpaired) electrons. The number of aryl methyl sites for hydroxylation is 1. The highest BCUT2D eigenvalue weighted by Crippen LogP contribution is 2.12. The van der Waals surface area contributed by atoms with E-state index in [1.807, 2.05) is 0 Å². The van der Waals surface area contributed by atoms with Crippen LogP contribution >= 0.6 is 15.9 Å². The first-order chi connectivity index (χ1) is 5.68. The number of hydrogen-bond donors (Lipinski definition) is 0. The summed E-state index contributed by atoms with van der Waals surface area (Å²) < 4.78 is 1.19. The van der Waals surface area contributed by atoms with E-state index in [9.17, 15) is 0 Å². The average Bonchev–Trinajstić information content (AvgIpc) is 2.01. The van der Waals surface area contributed by atoms with Crippen LogP contribution in [0.2, 0.25) is 0 Å². The second kappa shape index (κ2) is 6.91. The summed E-state index contributed by atoms with van der Waals surface area (Å²) in [6.07, 6.45) is 5.78. The van der Waals surface area contributed by atoms with E-state index in [-0.39, 0.29) is 17.0 Å². The lowest BCUT2D eigenvalue weighted by molar-refractivity contribution is -0.00000247. The fourth-order valence-electron chi connectivity index (χ4n) is 1.01. The van der Waals surface area contributed by atoms with E-state index < -0.39 is 0 Å². The minimum Gasteiger partial charge on any atom is -1.00 e. The van der Waals surface area contributed by atoms with Crippen molar-refractivity contribution in [1.29, 1.82) is 0 Å². The van der Waals surface area contributed by atoms with Crippen LogP contribution in [0.4, 0.5) is 0 Å². The Labute approximate surface area is 102 Å². The average molecular weight is 326 g/mol. The highest BCUT2D eigenvalue weighted by atomic mass is 79.9. The molecule has 0 bridgehead atoms. The lowest BCUT2D eigenvalue weighted by Gasteiger charge is -1.99. The standard InChI is InChI=1S/C10H14BrS.BrH/c1-12(2)7-6-9-4-3-5-10(11)8-9;/h3-5,8H,6-7H2,1-2H3;1H/q+1;/p-1. The van der Waals surface area contributed by atoms with Gasteiger partial charge in [0.2, 0.25) is 0 Å². The van der Waals surface area contributed by atoms with Crippen molar-refractivity contribution in [3.8, 4) is 0 Å². The Kier molecular flexibility index (Phi) is 7.19. The Morgan fingerprint density at radius 3 is 2.54 bits per heavy atom. The molecule has 0 atom stereocenters. The van der Waals surface area contributed by atoms with Crippen LogP contribution in [-0.4, -0.2) is 18.3 Å². The van der Waals surface area contributed by atoms with Gasteiger partial charge in [0.15, 0.2) is 0 Å². The summed E-state index contributed by atoms with van der Waals surface area (Å²) in [5.41, 5.74) is 1.44. The first-order valence-corrected chi connectivity index (χ1v) is 6.97. The van der Waals surface area contributed by atoms with Crippen molar-refractivity contribution in [2.45, 2.75) is 6.42 Å². The van der Waals surface area contributed by atoms with Gasteiger partial charge in [0.05, 0.1) is 12.5 Å². The number of hydrogen-bond acceptors (Lipinski definition) is 0. The van der Waals surface area contributed by atoms with Crippen LogP contribution in [0.3, 0.4) is 0 Å². The molecule has 0 aliphatic rings. The molecular formula is C10H14Br2S. The van der Waals surface area contributed by atoms with Gasteiger partial charge < -0.3 is 17.0 Å². The van der Waals surface area contributed by atoms with Crippen LogP contribution in [0, 0.1) is 0 Å². The second-order valence-electron chi connectivity index (χ2n) is 3.07. The largest absolute Gasteiger partial charge is 1.00 e. The van der Waals surface area contributed by atoms with Crippen LogP contribution in [0.1, 0.15) is 5.56 Å². The summed E-state index contributed by atoms with van der Waals surface area (Å²) in [5.74, 6) is 1.30. The van der Waals surface area contributed by atoms with Crippen molar-refractivity contribution in [3.63, 3.8) is 0 Å². The topological polar surface area (TPSA) is 0 Å². The minimum atomic E-state index is 0. The molecular weight excluding hydrogens is 312 g/mol. The zero-order valence-electron chi connectivity index (χ0n) is 7.89. The summed E-state index contributed by atoms with van der Waals surface area (Å²) in [6, 6.07) is 8.56. The molecule has 0 aliphatic carbocycles. The molecule has 3 heteroatoms. The number of benzene rings is 1. The maximum Gasteiger partial charge on any atom is 0.111 e. The molecule has 1 aromatic carbocycles. The molecule has 0 saturated carbocycles. The lowest BCUT2D eigenvalue weighted by atomic mass is 10.2. The quantitative estimate of drug-likeness (QED) is 0.679. The fourth-order valence-corrected chi connectivity index (χ4v) is 2.11. The maximum absolute atomic E-state index is 3.47. The van der Waals surface area contributed by atoms with Gasteiger partial charge in [-0.05, 0) is 28.6 Å². The van der Waals surface area contributed by atoms with Crippen molar-refractivity contribution >= 4 is 26.8 Å². The summed E-state index contributed by atoms with van der Waals surface area (Å²) in [5, 5.41) is 0. The van der Waals surface area contributed by atoms with E-state index in [1.54, 1.807) is 0 Å². The minimum absolute atomic E-state index is 0. The second-order valence-corrected chi connectivity index (χ2v) is 6.36. The molecule has 0 saturated heterocycles. The molecule has 0 nitrogen and oxygen atoms in total. The van der Waals surface area contributed by atoms with E-state index in [0.29, 0.717) is 10.9 Å². The Balaban J connectivity index is 0.00000144. The maximum atomic E-state index is 3.47. The van der Waals surface area contributed by atoms with Crippen molar-refractivity contribution in [2.75, 3.05) is 18.3 Å². The number of rotatable bonds is 3. The van der Waals surface area contributed by atoms with Gasteiger partial charge in [0.1, 0.15) is 5.75 Å². The third-order valence-electron chi connectivity index (χ3n) is 1.69. The monoisotopic (exact) mass is 324 g/mol. The van der Waals surface area contributed by atoms with Crippen LogP contribution in [-0.2, 0) is 17.3 Å². The fraction of sp³-hybridized carbons (Fsp3) is 0.400. The van der Waals surface area contributed by atoms with Crippen LogP contribution in [0.25, 0.3) is 0 Å². The predicted octanol–water partition coefficient (Wildman–Crippen LogP) is -0.127. The molecule has 0 aromatic heterocycles. The van der Waals surface area contributed by atoms with Gasteiger partial charge in [0.25, 0.3) is 0 Å². The van der Waals surface area contributed by atoms with Gasteiger partial charge in [-0.3, -0.25) is 0 Å². The Hall–Kier alpha value is 0.530. The van der Waals surface area contributed by atoms with E-state index >= 15 is 0 Å². The smallest absolute Gasteiger partial charge is 0.111 e. The van der Waals surface area contributed by atoms with E-state index in [0.717, 1.165) is 0 Å². The van der Waals surface area contributed by atoms with E-state index in [2.05, 4.69) is 52.7 Å². The highest BCUT2D eigenvalue weighted by molar-refractivity contribution is 9.10. The molecule has 13 heavy (non-hydrogen) atoms. The normalized spacial score (nSPS) is 9.85. The van der Waals surface area contributed by atoms with Crippen LogP contribution in [0.5, 0.6) is 0 Å². The van der Waals surface area contributed by atoms with Crippen molar-refractivity contribution < 1.29 is 17.0 Å². The predicted molar refractivity (Wildman–Crippen MR) is 61.9 cm³/mol. The third kappa shape index (κ3) is 5.76. The van der Waals surface area contributed by atoms with E-state index in [4.69, 9.17) is 0 Å². The Bertz CT molecular complexity index is 248. The van der Waals surface area contributed by atoms with Crippen molar-refractivity contribution in [2.24, 2.45) is 0 Å². The third-order valence-corrected chi connectivity index (χ3v) is 3.20. The summed E-state index contributed by atoms with van der Waals surface area (Å²) in [7, 11) is 0.562. The summed E-state index contributed by atoms with van der Waals surface area (Å²) >= 11 is 3.47. The SMILES string of the molecule is C[S+](C)CCc1cccc(Br)c1.[Br-]. The molecule has 0 fully saturated rings. The summed E-state index contributed by atoms with van der Waals surface area (Å²) in [4.78, 5) is 0. The molecule has 1 aromatic rings. The first-order valence-electron chi connectivity index (χ1n) is 3.97. The van der Waals surface area contributed by atoms with Crippen molar-refractivity contribution in [3.05, 3.63) is 34.3 Å². The highest BCUT2D eigenvalue weighted by Gasteiger charge is 2.02. The lowest BCUT2D eigenvalue weighted by Crippen LogP contribution is -3.00. The number of halogens is 2. The molecule has 0 aliphatic heterocycles. The molecule has 74 valence electrons.